The third kappa shape index (κ3) is 1.81. The Morgan fingerprint density at radius 1 is 1.50 bits per heavy atom. The minimum absolute atomic E-state index is 0.186. The maximum absolute atomic E-state index is 11.9. The van der Waals surface area contributed by atoms with Gasteiger partial charge in [0.25, 0.3) is 5.91 Å². The molecular formula is C11H14BNO. The Bertz CT molecular complexity index is 345. The Morgan fingerprint density at radius 2 is 2.36 bits per heavy atom. The van der Waals surface area contributed by atoms with Crippen LogP contribution in [-0.4, -0.2) is 31.1 Å². The minimum Gasteiger partial charge on any atom is -0.347 e. The van der Waals surface area contributed by atoms with Crippen molar-refractivity contribution in [3.05, 3.63) is 35.4 Å². The van der Waals surface area contributed by atoms with Gasteiger partial charge in [-0.05, 0) is 25.5 Å². The van der Waals surface area contributed by atoms with Gasteiger partial charge < -0.3 is 4.90 Å². The Hall–Kier alpha value is -1.25. The molecule has 0 spiro atoms. The molecule has 0 unspecified atom stereocenters. The monoisotopic (exact) mass is 187 g/mol. The second-order valence-electron chi connectivity index (χ2n) is 3.87. The summed E-state index contributed by atoms with van der Waals surface area (Å²) in [6.45, 7) is 2.94. The first-order valence-corrected chi connectivity index (χ1v) is 5.13. The third-order valence-electron chi connectivity index (χ3n) is 2.66. The van der Waals surface area contributed by atoms with Crippen molar-refractivity contribution in [1.29, 1.82) is 0 Å². The van der Waals surface area contributed by atoms with E-state index in [4.69, 9.17) is 0 Å². The molecule has 72 valence electrons. The van der Waals surface area contributed by atoms with Crippen LogP contribution in [0.5, 0.6) is 0 Å². The van der Waals surface area contributed by atoms with Crippen LogP contribution in [0.4, 0.5) is 0 Å². The molecule has 3 heteroatoms. The lowest BCUT2D eigenvalue weighted by Crippen LogP contribution is -2.28. The van der Waals surface area contributed by atoms with Gasteiger partial charge in [0.05, 0.1) is 0 Å². The number of benzene rings is 1. The number of aryl methyl sites for hydroxylation is 1. The van der Waals surface area contributed by atoms with Crippen molar-refractivity contribution < 1.29 is 4.79 Å². The molecule has 1 heterocycles. The van der Waals surface area contributed by atoms with E-state index < -0.39 is 0 Å². The Balaban J connectivity index is 2.17. The van der Waals surface area contributed by atoms with Crippen molar-refractivity contribution >= 4 is 13.2 Å². The molecule has 1 aromatic rings. The number of carbonyl (C=O) groups is 1. The summed E-state index contributed by atoms with van der Waals surface area (Å²) in [7, 11) is 1.15. The highest BCUT2D eigenvalue weighted by atomic mass is 16.2. The van der Waals surface area contributed by atoms with Crippen molar-refractivity contribution in [3.8, 4) is 0 Å². The summed E-state index contributed by atoms with van der Waals surface area (Å²) in [5.41, 5.74) is 1.97. The fourth-order valence-electron chi connectivity index (χ4n) is 1.88. The zero-order valence-corrected chi connectivity index (χ0v) is 8.49. The molecule has 0 bridgehead atoms. The first kappa shape index (κ1) is 9.32. The van der Waals surface area contributed by atoms with E-state index in [1.165, 1.54) is 0 Å². The molecular weight excluding hydrogens is 173 g/mol. The van der Waals surface area contributed by atoms with E-state index >= 15 is 0 Å². The van der Waals surface area contributed by atoms with E-state index in [1.807, 2.05) is 36.1 Å². The van der Waals surface area contributed by atoms with Crippen LogP contribution < -0.4 is 0 Å². The molecule has 0 radical (unpaired) electrons. The molecule has 1 fully saturated rings. The van der Waals surface area contributed by atoms with Gasteiger partial charge in [0.2, 0.25) is 0 Å². The first-order chi connectivity index (χ1) is 6.77. The van der Waals surface area contributed by atoms with Crippen molar-refractivity contribution in [2.45, 2.75) is 13.2 Å². The molecule has 1 aromatic carbocycles. The summed E-state index contributed by atoms with van der Waals surface area (Å²) >= 11 is 0. The SMILES string of the molecule is Cc1cccc(C(=O)N2CBCC2)c1. The largest absolute Gasteiger partial charge is 0.347 e. The van der Waals surface area contributed by atoms with Gasteiger partial charge in [-0.2, -0.15) is 0 Å². The van der Waals surface area contributed by atoms with Crippen LogP contribution in [-0.2, 0) is 0 Å². The highest BCUT2D eigenvalue weighted by Crippen LogP contribution is 2.10. The summed E-state index contributed by atoms with van der Waals surface area (Å²) in [6.07, 6.45) is 2.07. The molecule has 14 heavy (non-hydrogen) atoms. The van der Waals surface area contributed by atoms with Crippen molar-refractivity contribution in [1.82, 2.24) is 4.90 Å². The molecule has 1 aliphatic rings. The Morgan fingerprint density at radius 3 is 3.00 bits per heavy atom. The summed E-state index contributed by atoms with van der Waals surface area (Å²) < 4.78 is 0. The number of hydrogen-bond donors (Lipinski definition) is 0. The van der Waals surface area contributed by atoms with Gasteiger partial charge in [0.1, 0.15) is 7.28 Å². The standard InChI is InChI=1S/C11H14BNO/c1-9-3-2-4-10(7-9)11(14)13-6-5-12-8-13/h2-4,7,12H,5-6,8H2,1H3. The molecule has 0 saturated carbocycles. The lowest BCUT2D eigenvalue weighted by Gasteiger charge is -2.15. The smallest absolute Gasteiger partial charge is 0.253 e. The van der Waals surface area contributed by atoms with Crippen LogP contribution in [0.3, 0.4) is 0 Å². The van der Waals surface area contributed by atoms with Gasteiger partial charge in [0, 0.05) is 12.1 Å². The molecule has 0 aliphatic carbocycles. The fourth-order valence-corrected chi connectivity index (χ4v) is 1.88. The van der Waals surface area contributed by atoms with Gasteiger partial charge in [-0.25, -0.2) is 0 Å². The van der Waals surface area contributed by atoms with E-state index in [9.17, 15) is 4.79 Å². The normalized spacial score (nSPS) is 15.4. The summed E-state index contributed by atoms with van der Waals surface area (Å²) in [4.78, 5) is 13.9. The Kier molecular flexibility index (Phi) is 2.57. The van der Waals surface area contributed by atoms with Crippen LogP contribution in [0.1, 0.15) is 15.9 Å². The summed E-state index contributed by atoms with van der Waals surface area (Å²) in [5.74, 6) is 0.186. The van der Waals surface area contributed by atoms with Crippen LogP contribution in [0.2, 0.25) is 6.32 Å². The lowest BCUT2D eigenvalue weighted by molar-refractivity contribution is 0.0801. The zero-order chi connectivity index (χ0) is 9.97. The second-order valence-corrected chi connectivity index (χ2v) is 3.87. The maximum atomic E-state index is 11.9. The highest BCUT2D eigenvalue weighted by molar-refractivity contribution is 6.37. The van der Waals surface area contributed by atoms with E-state index in [1.54, 1.807) is 0 Å². The summed E-state index contributed by atoms with van der Waals surface area (Å²) in [6, 6.07) is 7.81. The molecule has 0 N–H and O–H groups in total. The number of hydrogen-bond acceptors (Lipinski definition) is 1. The van der Waals surface area contributed by atoms with Gasteiger partial charge >= 0.3 is 0 Å². The van der Waals surface area contributed by atoms with E-state index in [0.717, 1.165) is 37.7 Å². The lowest BCUT2D eigenvalue weighted by atomic mass is 9.79. The van der Waals surface area contributed by atoms with Gasteiger partial charge in [0.15, 0.2) is 0 Å². The zero-order valence-electron chi connectivity index (χ0n) is 8.49. The molecule has 1 saturated heterocycles. The van der Waals surface area contributed by atoms with Crippen molar-refractivity contribution in [2.24, 2.45) is 0 Å². The van der Waals surface area contributed by atoms with Gasteiger partial charge in [-0.1, -0.05) is 24.0 Å². The molecule has 2 nitrogen and oxygen atoms in total. The predicted molar refractivity (Wildman–Crippen MR) is 59.0 cm³/mol. The highest BCUT2D eigenvalue weighted by Gasteiger charge is 2.19. The van der Waals surface area contributed by atoms with Crippen molar-refractivity contribution in [3.63, 3.8) is 0 Å². The first-order valence-electron chi connectivity index (χ1n) is 5.13. The van der Waals surface area contributed by atoms with Crippen LogP contribution in [0, 0.1) is 6.92 Å². The number of nitrogens with zero attached hydrogens (tertiary/aromatic N) is 1. The summed E-state index contributed by atoms with van der Waals surface area (Å²) in [5, 5.41) is 0. The van der Waals surface area contributed by atoms with Crippen molar-refractivity contribution in [2.75, 3.05) is 13.0 Å². The van der Waals surface area contributed by atoms with Crippen LogP contribution in [0.15, 0.2) is 24.3 Å². The number of carbonyl (C=O) groups excluding carboxylic acids is 1. The van der Waals surface area contributed by atoms with Gasteiger partial charge in [-0.3, -0.25) is 4.79 Å². The molecule has 0 aromatic heterocycles. The maximum Gasteiger partial charge on any atom is 0.253 e. The fraction of sp³-hybridized carbons (Fsp3) is 0.364. The average molecular weight is 187 g/mol. The number of rotatable bonds is 1. The average Bonchev–Trinajstić information content (AvgIpc) is 2.69. The Labute approximate surface area is 85.2 Å². The van der Waals surface area contributed by atoms with E-state index in [-0.39, 0.29) is 5.91 Å². The van der Waals surface area contributed by atoms with Gasteiger partial charge in [-0.15, -0.1) is 0 Å². The third-order valence-corrected chi connectivity index (χ3v) is 2.66. The number of amides is 1. The minimum atomic E-state index is 0.186. The topological polar surface area (TPSA) is 20.3 Å². The molecule has 0 atom stereocenters. The van der Waals surface area contributed by atoms with E-state index in [0.29, 0.717) is 0 Å². The second kappa shape index (κ2) is 3.87. The molecule has 2 rings (SSSR count). The van der Waals surface area contributed by atoms with E-state index in [2.05, 4.69) is 0 Å². The molecule has 1 aliphatic heterocycles. The quantitative estimate of drug-likeness (QED) is 0.606. The van der Waals surface area contributed by atoms with Crippen LogP contribution >= 0.6 is 0 Å². The van der Waals surface area contributed by atoms with Crippen LogP contribution in [0.25, 0.3) is 0 Å². The molecule has 1 amide bonds. The predicted octanol–water partition coefficient (Wildman–Crippen LogP) is 1.26.